The van der Waals surface area contributed by atoms with E-state index in [1.165, 1.54) is 11.3 Å². The Balaban J connectivity index is 2.88. The molecule has 0 saturated heterocycles. The number of hydrogen-bond acceptors (Lipinski definition) is 3. The summed E-state index contributed by atoms with van der Waals surface area (Å²) in [6.07, 6.45) is 0. The highest BCUT2D eigenvalue weighted by Crippen LogP contribution is 2.30. The van der Waals surface area contributed by atoms with E-state index < -0.39 is 0 Å². The highest BCUT2D eigenvalue weighted by Gasteiger charge is 2.06. The molecule has 1 aromatic heterocycles. The number of benzene rings is 1. The number of fused-ring (bicyclic) bond motifs is 1. The lowest BCUT2D eigenvalue weighted by molar-refractivity contribution is 1.50. The topological polar surface area (TPSA) is 47.6 Å². The molecule has 0 radical (unpaired) electrons. The third-order valence-electron chi connectivity index (χ3n) is 1.83. The standard InChI is InChI=1S/C10H3BrN2S/c11-7-1-6(4-12)9-3-8(5-13)14-10(9)2-7/h1-3H. The van der Waals surface area contributed by atoms with E-state index in [1.807, 2.05) is 6.07 Å². The van der Waals surface area contributed by atoms with Gasteiger partial charge in [-0.25, -0.2) is 0 Å². The van der Waals surface area contributed by atoms with Gasteiger partial charge in [0.25, 0.3) is 0 Å². The molecule has 0 saturated carbocycles. The lowest BCUT2D eigenvalue weighted by Gasteiger charge is -1.93. The van der Waals surface area contributed by atoms with Crippen LogP contribution in [-0.2, 0) is 0 Å². The molecule has 66 valence electrons. The highest BCUT2D eigenvalue weighted by molar-refractivity contribution is 9.10. The fourth-order valence-corrected chi connectivity index (χ4v) is 2.79. The van der Waals surface area contributed by atoms with Crippen LogP contribution in [0.25, 0.3) is 10.1 Å². The second-order valence-electron chi connectivity index (χ2n) is 2.70. The number of nitrogens with zero attached hydrogens (tertiary/aromatic N) is 2. The van der Waals surface area contributed by atoms with E-state index in [0.717, 1.165) is 14.6 Å². The molecule has 1 aromatic carbocycles. The predicted octanol–water partition coefficient (Wildman–Crippen LogP) is 3.41. The second kappa shape index (κ2) is 3.42. The first-order valence-electron chi connectivity index (χ1n) is 3.78. The molecule has 1 heterocycles. The maximum Gasteiger partial charge on any atom is 0.110 e. The van der Waals surface area contributed by atoms with Crippen molar-refractivity contribution in [2.45, 2.75) is 0 Å². The zero-order valence-corrected chi connectivity index (χ0v) is 9.32. The van der Waals surface area contributed by atoms with Crippen LogP contribution in [-0.4, -0.2) is 0 Å². The SMILES string of the molecule is N#Cc1cc2c(C#N)cc(Br)cc2s1. The monoisotopic (exact) mass is 262 g/mol. The van der Waals surface area contributed by atoms with Gasteiger partial charge in [-0.3, -0.25) is 0 Å². The van der Waals surface area contributed by atoms with Gasteiger partial charge >= 0.3 is 0 Å². The predicted molar refractivity (Wildman–Crippen MR) is 59.0 cm³/mol. The summed E-state index contributed by atoms with van der Waals surface area (Å²) in [5, 5.41) is 18.5. The van der Waals surface area contributed by atoms with Crippen LogP contribution in [0.2, 0.25) is 0 Å². The molecule has 2 nitrogen and oxygen atoms in total. The molecule has 0 bridgehead atoms. The summed E-state index contributed by atoms with van der Waals surface area (Å²) in [7, 11) is 0. The fourth-order valence-electron chi connectivity index (χ4n) is 1.25. The number of thiophene rings is 1. The molecule has 0 aliphatic rings. The molecule has 0 aliphatic carbocycles. The molecule has 0 amide bonds. The summed E-state index contributed by atoms with van der Waals surface area (Å²) in [6, 6.07) is 9.63. The lowest BCUT2D eigenvalue weighted by atomic mass is 10.1. The maximum absolute atomic E-state index is 8.89. The average molecular weight is 263 g/mol. The molecular weight excluding hydrogens is 260 g/mol. The van der Waals surface area contributed by atoms with Gasteiger partial charge in [0.2, 0.25) is 0 Å². The van der Waals surface area contributed by atoms with Gasteiger partial charge < -0.3 is 0 Å². The average Bonchev–Trinajstić information content (AvgIpc) is 2.59. The zero-order chi connectivity index (χ0) is 10.1. The highest BCUT2D eigenvalue weighted by atomic mass is 79.9. The van der Waals surface area contributed by atoms with Gasteiger partial charge in [0, 0.05) is 14.6 Å². The molecule has 0 fully saturated rings. The molecule has 2 rings (SSSR count). The largest absolute Gasteiger partial charge is 0.192 e. The van der Waals surface area contributed by atoms with Crippen molar-refractivity contribution >= 4 is 37.4 Å². The van der Waals surface area contributed by atoms with Gasteiger partial charge in [-0.1, -0.05) is 15.9 Å². The summed E-state index contributed by atoms with van der Waals surface area (Å²) < 4.78 is 1.83. The summed E-state index contributed by atoms with van der Waals surface area (Å²) >= 11 is 4.73. The number of hydrogen-bond donors (Lipinski definition) is 0. The Kier molecular flexibility index (Phi) is 2.25. The van der Waals surface area contributed by atoms with Gasteiger partial charge in [0.05, 0.1) is 11.6 Å². The van der Waals surface area contributed by atoms with Crippen molar-refractivity contribution < 1.29 is 0 Å². The Morgan fingerprint density at radius 2 is 1.93 bits per heavy atom. The second-order valence-corrected chi connectivity index (χ2v) is 4.70. The number of nitriles is 2. The Morgan fingerprint density at radius 3 is 2.57 bits per heavy atom. The van der Waals surface area contributed by atoms with Crippen LogP contribution in [0.15, 0.2) is 22.7 Å². The molecule has 2 aromatic rings. The van der Waals surface area contributed by atoms with Gasteiger partial charge in [-0.05, 0) is 18.2 Å². The van der Waals surface area contributed by atoms with E-state index in [-0.39, 0.29) is 0 Å². The van der Waals surface area contributed by atoms with Crippen LogP contribution in [0.5, 0.6) is 0 Å². The Labute approximate surface area is 93.1 Å². The summed E-state index contributed by atoms with van der Waals surface area (Å²) in [5.41, 5.74) is 0.604. The van der Waals surface area contributed by atoms with Crippen LogP contribution < -0.4 is 0 Å². The molecule has 0 aliphatic heterocycles. The van der Waals surface area contributed by atoms with E-state index in [9.17, 15) is 0 Å². The maximum atomic E-state index is 8.89. The Bertz CT molecular complexity index is 586. The third kappa shape index (κ3) is 1.39. The molecule has 0 N–H and O–H groups in total. The number of halogens is 1. The summed E-state index contributed by atoms with van der Waals surface area (Å²) in [5.74, 6) is 0. The summed E-state index contributed by atoms with van der Waals surface area (Å²) in [4.78, 5) is 0.634. The van der Waals surface area contributed by atoms with Gasteiger partial charge in [-0.2, -0.15) is 10.5 Å². The summed E-state index contributed by atoms with van der Waals surface area (Å²) in [6.45, 7) is 0. The van der Waals surface area contributed by atoms with Crippen LogP contribution in [0.3, 0.4) is 0 Å². The minimum Gasteiger partial charge on any atom is -0.192 e. The molecule has 0 atom stereocenters. The first-order chi connectivity index (χ1) is 6.74. The van der Waals surface area contributed by atoms with Crippen LogP contribution in [0, 0.1) is 22.7 Å². The van der Waals surface area contributed by atoms with Gasteiger partial charge in [-0.15, -0.1) is 11.3 Å². The van der Waals surface area contributed by atoms with Crippen molar-refractivity contribution in [2.75, 3.05) is 0 Å². The van der Waals surface area contributed by atoms with E-state index in [1.54, 1.807) is 12.1 Å². The van der Waals surface area contributed by atoms with Crippen molar-refractivity contribution in [3.63, 3.8) is 0 Å². The molecule has 0 spiro atoms. The molecule has 0 unspecified atom stereocenters. The molecule has 4 heteroatoms. The minimum absolute atomic E-state index is 0.604. The van der Waals surface area contributed by atoms with E-state index in [2.05, 4.69) is 28.1 Å². The van der Waals surface area contributed by atoms with Crippen molar-refractivity contribution in [3.8, 4) is 12.1 Å². The normalized spacial score (nSPS) is 9.64. The van der Waals surface area contributed by atoms with Crippen molar-refractivity contribution in [2.24, 2.45) is 0 Å². The zero-order valence-electron chi connectivity index (χ0n) is 6.91. The van der Waals surface area contributed by atoms with Gasteiger partial charge in [0.1, 0.15) is 10.9 Å². The lowest BCUT2D eigenvalue weighted by Crippen LogP contribution is -1.74. The quantitative estimate of drug-likeness (QED) is 0.731. The molecule has 14 heavy (non-hydrogen) atoms. The van der Waals surface area contributed by atoms with Crippen LogP contribution >= 0.6 is 27.3 Å². The minimum atomic E-state index is 0.604. The van der Waals surface area contributed by atoms with E-state index >= 15 is 0 Å². The fraction of sp³-hybridized carbons (Fsp3) is 0. The van der Waals surface area contributed by atoms with Crippen LogP contribution in [0.1, 0.15) is 10.4 Å². The first-order valence-corrected chi connectivity index (χ1v) is 5.39. The third-order valence-corrected chi connectivity index (χ3v) is 3.28. The first kappa shape index (κ1) is 9.21. The van der Waals surface area contributed by atoms with E-state index in [4.69, 9.17) is 10.5 Å². The van der Waals surface area contributed by atoms with Crippen molar-refractivity contribution in [1.29, 1.82) is 10.5 Å². The van der Waals surface area contributed by atoms with Gasteiger partial charge in [0.15, 0.2) is 0 Å². The van der Waals surface area contributed by atoms with Crippen molar-refractivity contribution in [3.05, 3.63) is 33.1 Å². The molecular formula is C10H3BrN2S. The van der Waals surface area contributed by atoms with E-state index in [0.29, 0.717) is 10.4 Å². The number of rotatable bonds is 0. The Hall–Kier alpha value is -1.36. The van der Waals surface area contributed by atoms with Crippen molar-refractivity contribution in [1.82, 2.24) is 0 Å². The smallest absolute Gasteiger partial charge is 0.110 e. The van der Waals surface area contributed by atoms with Crippen LogP contribution in [0.4, 0.5) is 0 Å². The Morgan fingerprint density at radius 1 is 1.14 bits per heavy atom.